The van der Waals surface area contributed by atoms with Crippen molar-refractivity contribution in [3.8, 4) is 0 Å². The average Bonchev–Trinajstić information content (AvgIpc) is 2.34. The summed E-state index contributed by atoms with van der Waals surface area (Å²) in [7, 11) is 3.44. The smallest absolute Gasteiger partial charge is 0.317 e. The molecule has 0 aromatic carbocycles. The molecule has 0 aliphatic carbocycles. The maximum Gasteiger partial charge on any atom is 0.317 e. The first-order chi connectivity index (χ1) is 11.4. The topological polar surface area (TPSA) is 50.8 Å². The van der Waals surface area contributed by atoms with Crippen molar-refractivity contribution in [3.05, 3.63) is 0 Å². The van der Waals surface area contributed by atoms with Gasteiger partial charge in [0.2, 0.25) is 0 Å². The summed E-state index contributed by atoms with van der Waals surface area (Å²) in [6.07, 6.45) is 1.76. The van der Waals surface area contributed by atoms with E-state index in [0.29, 0.717) is 12.2 Å². The van der Waals surface area contributed by atoms with Gasteiger partial charge in [0, 0.05) is 20.1 Å². The Morgan fingerprint density at radius 2 is 1.27 bits per heavy atom. The highest BCUT2D eigenvalue weighted by atomic mass is 16.5. The first-order valence-corrected chi connectivity index (χ1v) is 9.77. The predicted molar refractivity (Wildman–Crippen MR) is 114 cm³/mol. The van der Waals surface area contributed by atoms with E-state index in [4.69, 9.17) is 9.47 Å². The minimum Gasteiger partial charge on any atom is -0.373 e. The third-order valence-corrected chi connectivity index (χ3v) is 2.81. The van der Waals surface area contributed by atoms with Gasteiger partial charge in [-0.2, -0.15) is 0 Å². The SMILES string of the molecule is CC(C)NC(=O)N(C)C.CC(C)OC(C)(C)C.CCC(C)(C)OC(C)C. The molecule has 0 aromatic rings. The molecule has 0 aliphatic rings. The Morgan fingerprint density at radius 1 is 0.885 bits per heavy atom. The quantitative estimate of drug-likeness (QED) is 0.691. The van der Waals surface area contributed by atoms with Gasteiger partial charge in [0.15, 0.2) is 0 Å². The molecule has 0 bridgehead atoms. The van der Waals surface area contributed by atoms with Crippen molar-refractivity contribution in [2.45, 2.75) is 119 Å². The Bertz CT molecular complexity index is 344. The summed E-state index contributed by atoms with van der Waals surface area (Å²) < 4.78 is 11.0. The van der Waals surface area contributed by atoms with Gasteiger partial charge in [-0.3, -0.25) is 0 Å². The number of hydrogen-bond donors (Lipinski definition) is 1. The number of carbonyl (C=O) groups is 1. The summed E-state index contributed by atoms with van der Waals surface area (Å²) in [6, 6.07) is 0.185. The number of hydrogen-bond acceptors (Lipinski definition) is 3. The molecule has 0 aromatic heterocycles. The van der Waals surface area contributed by atoms with Crippen LogP contribution in [-0.4, -0.2) is 54.5 Å². The maximum absolute atomic E-state index is 10.8. The van der Waals surface area contributed by atoms with Gasteiger partial charge in [-0.25, -0.2) is 4.79 Å². The van der Waals surface area contributed by atoms with Crippen LogP contribution in [0.5, 0.6) is 0 Å². The summed E-state index contributed by atoms with van der Waals surface area (Å²) in [6.45, 7) is 24.7. The number of rotatable bonds is 5. The maximum atomic E-state index is 10.8. The van der Waals surface area contributed by atoms with E-state index in [-0.39, 0.29) is 23.3 Å². The normalized spacial score (nSPS) is 11.6. The van der Waals surface area contributed by atoms with Crippen molar-refractivity contribution in [1.29, 1.82) is 0 Å². The molecule has 26 heavy (non-hydrogen) atoms. The fourth-order valence-corrected chi connectivity index (χ4v) is 1.80. The van der Waals surface area contributed by atoms with Crippen LogP contribution in [0.15, 0.2) is 0 Å². The monoisotopic (exact) mass is 376 g/mol. The van der Waals surface area contributed by atoms with Crippen molar-refractivity contribution in [2.75, 3.05) is 14.1 Å². The number of ether oxygens (including phenoxy) is 2. The standard InChI is InChI=1S/C8H18O.C7H16O.C6H14N2O/c1-6-8(4,5)9-7(2)3;1-6(2)8-7(3,4)5;1-5(2)7-6(9)8(3)4/h7H,6H2,1-5H3;6H,1-5H3;5H,1-4H3,(H,7,9). The molecule has 0 spiro atoms. The number of nitrogens with one attached hydrogen (secondary N) is 1. The van der Waals surface area contributed by atoms with Crippen LogP contribution in [0.4, 0.5) is 4.79 Å². The van der Waals surface area contributed by atoms with Crippen molar-refractivity contribution in [1.82, 2.24) is 10.2 Å². The zero-order valence-electron chi connectivity index (χ0n) is 20.1. The van der Waals surface area contributed by atoms with E-state index >= 15 is 0 Å². The van der Waals surface area contributed by atoms with Gasteiger partial charge >= 0.3 is 6.03 Å². The van der Waals surface area contributed by atoms with Gasteiger partial charge in [-0.15, -0.1) is 0 Å². The molecule has 0 saturated carbocycles. The third-order valence-electron chi connectivity index (χ3n) is 2.81. The summed E-state index contributed by atoms with van der Waals surface area (Å²) in [4.78, 5) is 12.3. The molecule has 5 nitrogen and oxygen atoms in total. The molecular formula is C21H48N2O3. The lowest BCUT2D eigenvalue weighted by atomic mass is 10.1. The zero-order valence-corrected chi connectivity index (χ0v) is 20.1. The summed E-state index contributed by atoms with van der Waals surface area (Å²) in [5.41, 5.74) is 0.0856. The third kappa shape index (κ3) is 28.0. The average molecular weight is 377 g/mol. The molecule has 0 aliphatic heterocycles. The second-order valence-electron chi connectivity index (χ2n) is 9.06. The van der Waals surface area contributed by atoms with E-state index in [1.54, 1.807) is 14.1 Å². The van der Waals surface area contributed by atoms with Gasteiger partial charge in [-0.1, -0.05) is 6.92 Å². The number of carbonyl (C=O) groups excluding carboxylic acids is 1. The van der Waals surface area contributed by atoms with Gasteiger partial charge in [-0.05, 0) is 82.6 Å². The first kappa shape index (κ1) is 29.9. The van der Waals surface area contributed by atoms with E-state index in [9.17, 15) is 4.79 Å². The predicted octanol–water partition coefficient (Wildman–Crippen LogP) is 5.48. The molecule has 0 atom stereocenters. The van der Waals surface area contributed by atoms with E-state index in [1.807, 2.05) is 27.7 Å². The molecule has 0 fully saturated rings. The van der Waals surface area contributed by atoms with E-state index in [1.165, 1.54) is 4.90 Å². The Morgan fingerprint density at radius 3 is 1.35 bits per heavy atom. The second kappa shape index (κ2) is 14.3. The van der Waals surface area contributed by atoms with Crippen molar-refractivity contribution in [2.24, 2.45) is 0 Å². The summed E-state index contributed by atoms with van der Waals surface area (Å²) >= 11 is 0. The van der Waals surface area contributed by atoms with Crippen LogP contribution in [0.25, 0.3) is 0 Å². The van der Waals surface area contributed by atoms with Crippen LogP contribution in [0.2, 0.25) is 0 Å². The molecule has 0 rings (SSSR count). The van der Waals surface area contributed by atoms with Crippen LogP contribution in [0.1, 0.15) is 89.5 Å². The van der Waals surface area contributed by atoms with E-state index in [0.717, 1.165) is 6.42 Å². The summed E-state index contributed by atoms with van der Waals surface area (Å²) in [5.74, 6) is 0. The fraction of sp³-hybridized carbons (Fsp3) is 0.952. The molecule has 1 N–H and O–H groups in total. The summed E-state index contributed by atoms with van der Waals surface area (Å²) in [5, 5.41) is 2.73. The van der Waals surface area contributed by atoms with Gasteiger partial charge in [0.25, 0.3) is 0 Å². The lowest BCUT2D eigenvalue weighted by molar-refractivity contribution is -0.0573. The van der Waals surface area contributed by atoms with Crippen LogP contribution in [0.3, 0.4) is 0 Å². The van der Waals surface area contributed by atoms with Crippen molar-refractivity contribution < 1.29 is 14.3 Å². The minimum absolute atomic E-state index is 0.0220. The minimum atomic E-state index is -0.0370. The first-order valence-electron chi connectivity index (χ1n) is 9.77. The Labute approximate surface area is 164 Å². The fourth-order valence-electron chi connectivity index (χ4n) is 1.80. The molecule has 0 heterocycles. The molecular weight excluding hydrogens is 328 g/mol. The number of urea groups is 1. The van der Waals surface area contributed by atoms with Crippen LogP contribution in [-0.2, 0) is 9.47 Å². The van der Waals surface area contributed by atoms with E-state index in [2.05, 4.69) is 60.7 Å². The Hall–Kier alpha value is -0.810. The highest BCUT2D eigenvalue weighted by Crippen LogP contribution is 2.15. The second-order valence-corrected chi connectivity index (χ2v) is 9.06. The molecule has 2 amide bonds. The van der Waals surface area contributed by atoms with Gasteiger partial charge in [0.05, 0.1) is 23.4 Å². The van der Waals surface area contributed by atoms with Gasteiger partial charge in [0.1, 0.15) is 0 Å². The molecule has 5 heteroatoms. The number of amides is 2. The van der Waals surface area contributed by atoms with Crippen molar-refractivity contribution >= 4 is 6.03 Å². The van der Waals surface area contributed by atoms with Gasteiger partial charge < -0.3 is 19.7 Å². The van der Waals surface area contributed by atoms with Crippen molar-refractivity contribution in [3.63, 3.8) is 0 Å². The Kier molecular flexibility index (Phi) is 16.4. The van der Waals surface area contributed by atoms with Crippen LogP contribution in [0, 0.1) is 0 Å². The zero-order chi connectivity index (χ0) is 21.7. The van der Waals surface area contributed by atoms with Crippen LogP contribution < -0.4 is 5.32 Å². The highest BCUT2D eigenvalue weighted by Gasteiger charge is 2.16. The lowest BCUT2D eigenvalue weighted by Crippen LogP contribution is -2.38. The van der Waals surface area contributed by atoms with E-state index < -0.39 is 0 Å². The highest BCUT2D eigenvalue weighted by molar-refractivity contribution is 5.73. The molecule has 0 radical (unpaired) electrons. The van der Waals surface area contributed by atoms with Crippen LogP contribution >= 0.6 is 0 Å². The molecule has 0 unspecified atom stereocenters. The largest absolute Gasteiger partial charge is 0.373 e. The Balaban J connectivity index is -0.000000306. The lowest BCUT2D eigenvalue weighted by Gasteiger charge is -2.25. The molecule has 0 saturated heterocycles. The molecule has 160 valence electrons. The number of nitrogens with zero attached hydrogens (tertiary/aromatic N) is 1.